The van der Waals surface area contributed by atoms with Crippen molar-refractivity contribution >= 4 is 45.7 Å². The number of rotatable bonds is 17. The summed E-state index contributed by atoms with van der Waals surface area (Å²) in [5.41, 5.74) is 6.49. The Morgan fingerprint density at radius 1 is 0.781 bits per heavy atom. The Kier molecular flexibility index (Phi) is 15.8. The molecule has 0 aliphatic carbocycles. The summed E-state index contributed by atoms with van der Waals surface area (Å²) in [4.78, 5) is 55.0. The molecule has 8 nitrogen and oxygen atoms in total. The fourth-order valence-corrected chi connectivity index (χ4v) is 12.3. The molecule has 4 atom stereocenters. The molecule has 4 aromatic carbocycles. The van der Waals surface area contributed by atoms with Crippen LogP contribution < -0.4 is 5.32 Å². The Morgan fingerprint density at radius 2 is 1.44 bits per heavy atom. The maximum atomic E-state index is 14.6. The molecule has 3 fully saturated rings. The summed E-state index contributed by atoms with van der Waals surface area (Å²) in [6.45, 7) is 8.65. The predicted octanol–water partition coefficient (Wildman–Crippen LogP) is 11.4. The topological polar surface area (TPSA) is 85.8 Å². The first-order chi connectivity index (χ1) is 31.4. The second-order valence-electron chi connectivity index (χ2n) is 17.5. The minimum atomic E-state index is -0.699. The van der Waals surface area contributed by atoms with Crippen molar-refractivity contribution in [1.29, 1.82) is 0 Å². The van der Waals surface area contributed by atoms with Gasteiger partial charge in [-0.3, -0.25) is 14.4 Å². The molecule has 10 heteroatoms. The highest BCUT2D eigenvalue weighted by molar-refractivity contribution is 8.08. The van der Waals surface area contributed by atoms with Crippen LogP contribution in [-0.2, 0) is 20.8 Å². The number of aromatic nitrogens is 1. The number of nitrogens with one attached hydrogen (secondary N) is 1. The minimum Gasteiger partial charge on any atom is -0.340 e. The van der Waals surface area contributed by atoms with Gasteiger partial charge < -0.3 is 20.0 Å². The smallest absolute Gasteiger partial charge is 0.250 e. The summed E-state index contributed by atoms with van der Waals surface area (Å²) in [6, 6.07) is 36.8. The zero-order chi connectivity index (χ0) is 44.3. The van der Waals surface area contributed by atoms with Crippen molar-refractivity contribution in [3.05, 3.63) is 143 Å². The number of hydrogen-bond donors (Lipinski definition) is 1. The summed E-state index contributed by atoms with van der Waals surface area (Å²) in [5.74, 6) is 0.109. The molecular formula is C54H63N5O3S2. The Balaban J connectivity index is 0.905. The molecule has 3 amide bonds. The fraction of sp³-hybridized carbons (Fsp3) is 0.407. The van der Waals surface area contributed by atoms with Gasteiger partial charge in [0.2, 0.25) is 17.7 Å². The lowest BCUT2D eigenvalue weighted by atomic mass is 10.0. The normalized spacial score (nSPS) is 19.1. The second kappa shape index (κ2) is 22.2. The van der Waals surface area contributed by atoms with Crippen molar-refractivity contribution in [2.75, 3.05) is 32.7 Å². The first kappa shape index (κ1) is 45.5. The number of carbonyl (C=O) groups is 3. The van der Waals surface area contributed by atoms with Crippen LogP contribution >= 0.6 is 23.1 Å². The molecule has 0 spiro atoms. The third kappa shape index (κ3) is 11.2. The van der Waals surface area contributed by atoms with E-state index in [1.165, 1.54) is 29.7 Å². The Bertz CT molecular complexity index is 2330. The number of allylic oxidation sites excluding steroid dienone is 1. The quantitative estimate of drug-likeness (QED) is 0.100. The summed E-state index contributed by atoms with van der Waals surface area (Å²) in [6.07, 6.45) is 14.5. The Hall–Kier alpha value is -5.03. The molecule has 1 unspecified atom stereocenters. The highest BCUT2D eigenvalue weighted by Gasteiger charge is 2.39. The van der Waals surface area contributed by atoms with Crippen LogP contribution in [0.5, 0.6) is 0 Å². The van der Waals surface area contributed by atoms with Gasteiger partial charge in [0.25, 0.3) is 0 Å². The number of benzene rings is 4. The number of carbonyl (C=O) groups excluding carboxylic acids is 3. The number of nitrogens with zero attached hydrogens (tertiary/aromatic N) is 4. The Morgan fingerprint density at radius 3 is 2.14 bits per heavy atom. The van der Waals surface area contributed by atoms with Crippen LogP contribution in [0.2, 0.25) is 0 Å². The average Bonchev–Trinajstić information content (AvgIpc) is 4.15. The molecule has 3 saturated heterocycles. The van der Waals surface area contributed by atoms with Crippen molar-refractivity contribution in [3.63, 3.8) is 0 Å². The van der Waals surface area contributed by atoms with E-state index >= 15 is 0 Å². The highest BCUT2D eigenvalue weighted by atomic mass is 32.2. The van der Waals surface area contributed by atoms with Crippen molar-refractivity contribution in [2.24, 2.45) is 0 Å². The van der Waals surface area contributed by atoms with E-state index in [1.807, 2.05) is 83.5 Å². The van der Waals surface area contributed by atoms with E-state index in [2.05, 4.69) is 83.6 Å². The number of likely N-dealkylation sites (tertiary alicyclic amines) is 3. The first-order valence-corrected chi connectivity index (χ1v) is 25.3. The first-order valence-electron chi connectivity index (χ1n) is 23.6. The number of hydrogen-bond acceptors (Lipinski definition) is 7. The van der Waals surface area contributed by atoms with E-state index in [0.717, 1.165) is 102 Å². The largest absolute Gasteiger partial charge is 0.340 e. The van der Waals surface area contributed by atoms with Gasteiger partial charge in [0.15, 0.2) is 0 Å². The lowest BCUT2D eigenvalue weighted by Crippen LogP contribution is -2.48. The van der Waals surface area contributed by atoms with Gasteiger partial charge in [-0.1, -0.05) is 135 Å². The van der Waals surface area contributed by atoms with Gasteiger partial charge in [0.05, 0.1) is 17.3 Å². The number of piperidine rings is 1. The van der Waals surface area contributed by atoms with Crippen LogP contribution in [0.3, 0.4) is 0 Å². The summed E-state index contributed by atoms with van der Waals surface area (Å²) >= 11 is 3.59. The maximum Gasteiger partial charge on any atom is 0.250 e. The fourth-order valence-electron chi connectivity index (χ4n) is 9.73. The van der Waals surface area contributed by atoms with E-state index in [4.69, 9.17) is 4.98 Å². The molecule has 1 aromatic heterocycles. The van der Waals surface area contributed by atoms with Gasteiger partial charge in [-0.05, 0) is 98.3 Å². The molecule has 0 bridgehead atoms. The molecule has 3 aliphatic rings. The van der Waals surface area contributed by atoms with E-state index < -0.39 is 6.04 Å². The molecule has 64 heavy (non-hydrogen) atoms. The number of amides is 3. The van der Waals surface area contributed by atoms with Crippen LogP contribution in [0.1, 0.15) is 112 Å². The van der Waals surface area contributed by atoms with E-state index in [1.54, 1.807) is 11.3 Å². The molecule has 1 N–H and O–H groups in total. The minimum absolute atomic E-state index is 0.00128. The van der Waals surface area contributed by atoms with Gasteiger partial charge in [-0.25, -0.2) is 4.98 Å². The molecule has 3 aliphatic heterocycles. The lowest BCUT2D eigenvalue weighted by molar-refractivity contribution is -0.137. The van der Waals surface area contributed by atoms with Gasteiger partial charge >= 0.3 is 0 Å². The van der Waals surface area contributed by atoms with Crippen molar-refractivity contribution < 1.29 is 14.4 Å². The molecular weight excluding hydrogens is 831 g/mol. The Labute approximate surface area is 388 Å². The maximum absolute atomic E-state index is 14.6. The lowest BCUT2D eigenvalue weighted by Gasteiger charge is -2.34. The molecule has 0 radical (unpaired) electrons. The predicted molar refractivity (Wildman–Crippen MR) is 264 cm³/mol. The zero-order valence-electron chi connectivity index (χ0n) is 37.5. The average molecular weight is 894 g/mol. The van der Waals surface area contributed by atoms with Crippen molar-refractivity contribution in [1.82, 2.24) is 25.0 Å². The van der Waals surface area contributed by atoms with Crippen molar-refractivity contribution in [2.45, 2.75) is 108 Å². The third-order valence-electron chi connectivity index (χ3n) is 13.2. The molecule has 8 rings (SSSR count). The third-order valence-corrected chi connectivity index (χ3v) is 15.9. The summed E-state index contributed by atoms with van der Waals surface area (Å²) in [7, 11) is 0. The monoisotopic (exact) mass is 893 g/mol. The molecule has 5 aromatic rings. The van der Waals surface area contributed by atoms with E-state index in [9.17, 15) is 14.4 Å². The molecule has 334 valence electrons. The van der Waals surface area contributed by atoms with Crippen molar-refractivity contribution in [3.8, 4) is 21.6 Å². The second-order valence-corrected chi connectivity index (χ2v) is 19.9. The SMILES string of the molecule is C/C=C(\SC(CCC)[C@@H]1CCCN1C(=O)[C@H](NC(=O)CCN1CCCCC1)c1ccccc1)c1ccc(-c2ccc(-c3cnc([C@@H]4CCCN4C(=O)Cc4ccccc4)s3)cc2)cc1. The zero-order valence-corrected chi connectivity index (χ0v) is 39.1. The standard InChI is InChI=1S/C54H63N5O3S2/c1-3-16-48(45-21-14-35-59(45)54(62)52(44-19-10-6-11-20-44)56-50(60)31-36-57-32-12-7-13-33-57)63-47(4-2)42-27-23-40(24-28-42)41-25-29-43(30-26-41)49-38-55-53(64-49)46-22-15-34-58(46)51(61)37-39-17-8-5-9-18-39/h4-6,8-11,17-20,23-30,38,45-46,48,52H,3,7,12-16,21-22,31-37H2,1-2H3,(H,56,60)/b47-4-/t45-,46-,48?,52+/m0/s1. The van der Waals surface area contributed by atoms with Crippen LogP contribution in [0.15, 0.2) is 121 Å². The van der Waals surface area contributed by atoms with E-state index in [-0.39, 0.29) is 35.1 Å². The highest BCUT2D eigenvalue weighted by Crippen LogP contribution is 2.41. The van der Waals surface area contributed by atoms with Gasteiger partial charge in [-0.2, -0.15) is 0 Å². The van der Waals surface area contributed by atoms with Crippen LogP contribution in [0.4, 0.5) is 0 Å². The van der Waals surface area contributed by atoms with Gasteiger partial charge in [0, 0.05) is 48.4 Å². The van der Waals surface area contributed by atoms with Gasteiger partial charge in [-0.15, -0.1) is 23.1 Å². The van der Waals surface area contributed by atoms with Gasteiger partial charge in [0.1, 0.15) is 11.0 Å². The van der Waals surface area contributed by atoms with E-state index in [0.29, 0.717) is 19.4 Å². The number of thioether (sulfide) groups is 1. The van der Waals surface area contributed by atoms with Crippen LogP contribution in [0.25, 0.3) is 26.5 Å². The molecule has 0 saturated carbocycles. The molecule has 4 heterocycles. The summed E-state index contributed by atoms with van der Waals surface area (Å²) in [5, 5.41) is 4.42. The summed E-state index contributed by atoms with van der Waals surface area (Å²) < 4.78 is 0. The number of thiazole rings is 1. The van der Waals surface area contributed by atoms with Crippen LogP contribution in [0, 0.1) is 0 Å². The van der Waals surface area contributed by atoms with Crippen LogP contribution in [-0.4, -0.2) is 81.4 Å².